The Kier molecular flexibility index (Phi) is 9.00. The van der Waals surface area contributed by atoms with E-state index < -0.39 is 28.5 Å². The van der Waals surface area contributed by atoms with Crippen molar-refractivity contribution in [3.63, 3.8) is 0 Å². The molecular formula is C26H27Cl2N3O4S. The molecule has 0 aliphatic rings. The number of sulfonamides is 1. The Labute approximate surface area is 221 Å². The Morgan fingerprint density at radius 1 is 0.944 bits per heavy atom. The number of likely N-dealkylation sites (N-methyl/N-ethyl adjacent to an activating group) is 1. The van der Waals surface area contributed by atoms with Crippen LogP contribution in [-0.2, 0) is 26.2 Å². The van der Waals surface area contributed by atoms with Crippen LogP contribution in [0, 0.1) is 6.92 Å². The molecule has 10 heteroatoms. The first kappa shape index (κ1) is 27.5. The predicted molar refractivity (Wildman–Crippen MR) is 143 cm³/mol. The molecule has 1 atom stereocenters. The number of rotatable bonds is 9. The number of benzene rings is 3. The van der Waals surface area contributed by atoms with Gasteiger partial charge in [-0.3, -0.25) is 13.9 Å². The zero-order valence-electron chi connectivity index (χ0n) is 20.1. The van der Waals surface area contributed by atoms with Gasteiger partial charge < -0.3 is 10.2 Å². The Bertz CT molecular complexity index is 1350. The summed E-state index contributed by atoms with van der Waals surface area (Å²) in [5, 5.41) is 3.42. The van der Waals surface area contributed by atoms with Crippen molar-refractivity contribution in [2.24, 2.45) is 0 Å². The van der Waals surface area contributed by atoms with Crippen molar-refractivity contribution < 1.29 is 18.0 Å². The number of anilines is 1. The lowest BCUT2D eigenvalue weighted by Gasteiger charge is -2.32. The Morgan fingerprint density at radius 2 is 1.61 bits per heavy atom. The van der Waals surface area contributed by atoms with E-state index in [0.29, 0.717) is 21.3 Å². The van der Waals surface area contributed by atoms with E-state index in [9.17, 15) is 18.0 Å². The van der Waals surface area contributed by atoms with Crippen LogP contribution in [0.5, 0.6) is 0 Å². The minimum atomic E-state index is -4.14. The van der Waals surface area contributed by atoms with E-state index in [2.05, 4.69) is 5.32 Å². The summed E-state index contributed by atoms with van der Waals surface area (Å²) in [6, 6.07) is 18.7. The van der Waals surface area contributed by atoms with Gasteiger partial charge in [-0.25, -0.2) is 8.42 Å². The van der Waals surface area contributed by atoms with E-state index >= 15 is 0 Å². The van der Waals surface area contributed by atoms with Gasteiger partial charge in [0.05, 0.1) is 10.6 Å². The summed E-state index contributed by atoms with van der Waals surface area (Å²) in [6.45, 7) is 2.97. The van der Waals surface area contributed by atoms with Crippen molar-refractivity contribution in [3.05, 3.63) is 94.0 Å². The molecule has 0 aliphatic carbocycles. The van der Waals surface area contributed by atoms with Crippen molar-refractivity contribution in [2.45, 2.75) is 31.3 Å². The van der Waals surface area contributed by atoms with Crippen LogP contribution in [0.1, 0.15) is 18.1 Å². The lowest BCUT2D eigenvalue weighted by atomic mass is 10.1. The molecule has 190 valence electrons. The van der Waals surface area contributed by atoms with Crippen LogP contribution in [0.3, 0.4) is 0 Å². The summed E-state index contributed by atoms with van der Waals surface area (Å²) in [5.41, 5.74) is 1.86. The van der Waals surface area contributed by atoms with E-state index in [1.165, 1.54) is 36.2 Å². The first-order valence-corrected chi connectivity index (χ1v) is 13.3. The van der Waals surface area contributed by atoms with Crippen LogP contribution < -0.4 is 9.62 Å². The van der Waals surface area contributed by atoms with E-state index in [1.807, 2.05) is 13.0 Å². The maximum Gasteiger partial charge on any atom is 0.264 e. The molecule has 0 bridgehead atoms. The van der Waals surface area contributed by atoms with Crippen molar-refractivity contribution >= 4 is 50.7 Å². The molecule has 1 N–H and O–H groups in total. The molecule has 0 saturated carbocycles. The molecule has 0 aliphatic heterocycles. The van der Waals surface area contributed by atoms with E-state index in [-0.39, 0.29) is 17.3 Å². The topological polar surface area (TPSA) is 86.8 Å². The third-order valence-electron chi connectivity index (χ3n) is 5.63. The van der Waals surface area contributed by atoms with Crippen molar-refractivity contribution in [1.29, 1.82) is 0 Å². The van der Waals surface area contributed by atoms with Gasteiger partial charge in [-0.1, -0.05) is 47.5 Å². The molecule has 7 nitrogen and oxygen atoms in total. The van der Waals surface area contributed by atoms with Crippen molar-refractivity contribution in [2.75, 3.05) is 17.9 Å². The quantitative estimate of drug-likeness (QED) is 0.422. The van der Waals surface area contributed by atoms with Crippen LogP contribution in [0.15, 0.2) is 77.7 Å². The fourth-order valence-corrected chi connectivity index (χ4v) is 5.41. The highest BCUT2D eigenvalue weighted by Crippen LogP contribution is 2.26. The predicted octanol–water partition coefficient (Wildman–Crippen LogP) is 4.66. The summed E-state index contributed by atoms with van der Waals surface area (Å²) >= 11 is 12.1. The first-order chi connectivity index (χ1) is 17.0. The minimum Gasteiger partial charge on any atom is -0.357 e. The van der Waals surface area contributed by atoms with Gasteiger partial charge >= 0.3 is 0 Å². The Hall–Kier alpha value is -3.07. The summed E-state index contributed by atoms with van der Waals surface area (Å²) in [5.74, 6) is -0.932. The average molecular weight is 548 g/mol. The number of halogens is 2. The molecule has 1 unspecified atom stereocenters. The lowest BCUT2D eigenvalue weighted by Crippen LogP contribution is -2.50. The van der Waals surface area contributed by atoms with Gasteiger partial charge in [-0.2, -0.15) is 0 Å². The fourth-order valence-electron chi connectivity index (χ4n) is 3.67. The number of nitrogens with zero attached hydrogens (tertiary/aromatic N) is 2. The van der Waals surface area contributed by atoms with Gasteiger partial charge in [0.1, 0.15) is 12.6 Å². The number of nitrogens with one attached hydrogen (secondary N) is 1. The van der Waals surface area contributed by atoms with Gasteiger partial charge in [0.25, 0.3) is 10.0 Å². The summed E-state index contributed by atoms with van der Waals surface area (Å²) < 4.78 is 28.4. The van der Waals surface area contributed by atoms with Crippen molar-refractivity contribution in [1.82, 2.24) is 10.2 Å². The first-order valence-electron chi connectivity index (χ1n) is 11.1. The normalized spacial score (nSPS) is 12.0. The van der Waals surface area contributed by atoms with Crippen LogP contribution in [0.25, 0.3) is 0 Å². The van der Waals surface area contributed by atoms with Gasteiger partial charge in [-0.05, 0) is 73.5 Å². The molecule has 0 saturated heterocycles. The number of hydrogen-bond acceptors (Lipinski definition) is 4. The molecule has 36 heavy (non-hydrogen) atoms. The van der Waals surface area contributed by atoms with Gasteiger partial charge in [0.2, 0.25) is 11.8 Å². The summed E-state index contributed by atoms with van der Waals surface area (Å²) in [6.07, 6.45) is 0. The Morgan fingerprint density at radius 3 is 2.22 bits per heavy atom. The van der Waals surface area contributed by atoms with E-state index in [4.69, 9.17) is 23.2 Å². The van der Waals surface area contributed by atoms with Crippen LogP contribution in [0.4, 0.5) is 5.69 Å². The minimum absolute atomic E-state index is 0.0121. The zero-order chi connectivity index (χ0) is 26.5. The van der Waals surface area contributed by atoms with Gasteiger partial charge in [-0.15, -0.1) is 0 Å². The summed E-state index contributed by atoms with van der Waals surface area (Å²) in [7, 11) is -2.66. The third kappa shape index (κ3) is 6.57. The van der Waals surface area contributed by atoms with Crippen LogP contribution >= 0.6 is 23.2 Å². The highest BCUT2D eigenvalue weighted by Gasteiger charge is 2.32. The molecule has 3 aromatic rings. The lowest BCUT2D eigenvalue weighted by molar-refractivity contribution is -0.139. The molecule has 3 rings (SSSR count). The second-order valence-electron chi connectivity index (χ2n) is 8.25. The van der Waals surface area contributed by atoms with Gasteiger partial charge in [0.15, 0.2) is 0 Å². The summed E-state index contributed by atoms with van der Waals surface area (Å²) in [4.78, 5) is 27.5. The van der Waals surface area contributed by atoms with Crippen molar-refractivity contribution in [3.8, 4) is 0 Å². The number of aryl methyl sites for hydroxylation is 1. The standard InChI is InChI=1S/C26H27Cl2N3O4S/c1-18-6-4-9-23(14-18)31(36(34,35)24-12-10-21(27)11-13-24)17-25(32)30(19(2)26(33)29-3)16-20-7-5-8-22(28)15-20/h4-15,19H,16-17H2,1-3H3,(H,29,33). The van der Waals surface area contributed by atoms with Crippen LogP contribution in [0.2, 0.25) is 10.0 Å². The van der Waals surface area contributed by atoms with E-state index in [0.717, 1.165) is 9.87 Å². The molecule has 0 heterocycles. The van der Waals surface area contributed by atoms with E-state index in [1.54, 1.807) is 49.4 Å². The zero-order valence-corrected chi connectivity index (χ0v) is 22.4. The smallest absolute Gasteiger partial charge is 0.264 e. The molecule has 0 aromatic heterocycles. The number of hydrogen-bond donors (Lipinski definition) is 1. The van der Waals surface area contributed by atoms with Gasteiger partial charge in [0, 0.05) is 23.6 Å². The second-order valence-corrected chi connectivity index (χ2v) is 11.0. The molecule has 3 aromatic carbocycles. The average Bonchev–Trinajstić information content (AvgIpc) is 2.85. The largest absolute Gasteiger partial charge is 0.357 e. The molecule has 0 spiro atoms. The molecule has 2 amide bonds. The SMILES string of the molecule is CNC(=O)C(C)N(Cc1cccc(Cl)c1)C(=O)CN(c1cccc(C)c1)S(=O)(=O)c1ccc(Cl)cc1. The fraction of sp³-hybridized carbons (Fsp3) is 0.231. The highest BCUT2D eigenvalue weighted by atomic mass is 35.5. The highest BCUT2D eigenvalue weighted by molar-refractivity contribution is 7.92. The molecular weight excluding hydrogens is 521 g/mol. The number of carbonyl (C=O) groups is 2. The maximum atomic E-state index is 13.7. The third-order valence-corrected chi connectivity index (χ3v) is 7.90. The van der Waals surface area contributed by atoms with Crippen LogP contribution in [-0.4, -0.2) is 44.8 Å². The molecule has 0 fully saturated rings. The number of amides is 2. The monoisotopic (exact) mass is 547 g/mol. The Balaban J connectivity index is 2.03. The second kappa shape index (κ2) is 11.8. The number of carbonyl (C=O) groups excluding carboxylic acids is 2. The maximum absolute atomic E-state index is 13.7. The molecule has 0 radical (unpaired) electrons.